The summed E-state index contributed by atoms with van der Waals surface area (Å²) in [5.41, 5.74) is 7.81. The average Bonchev–Trinajstić information content (AvgIpc) is 2.88. The molecule has 0 saturated carbocycles. The average molecular weight is 306 g/mol. The van der Waals surface area contributed by atoms with Crippen molar-refractivity contribution < 1.29 is 4.79 Å². The van der Waals surface area contributed by atoms with E-state index in [1.165, 1.54) is 21.1 Å². The first-order valence-corrected chi connectivity index (χ1v) is 8.24. The first-order valence-electron chi connectivity index (χ1n) is 7.43. The molecular formula is C15H22N4OS. The van der Waals surface area contributed by atoms with Crippen molar-refractivity contribution in [3.63, 3.8) is 0 Å². The third kappa shape index (κ3) is 2.58. The molecule has 3 heterocycles. The molecule has 0 spiro atoms. The van der Waals surface area contributed by atoms with Gasteiger partial charge in [0, 0.05) is 23.0 Å². The first-order chi connectivity index (χ1) is 9.97. The van der Waals surface area contributed by atoms with Gasteiger partial charge in [0.1, 0.15) is 10.7 Å². The van der Waals surface area contributed by atoms with Gasteiger partial charge in [-0.2, -0.15) is 0 Å². The number of hydrogen-bond donors (Lipinski definition) is 1. The second-order valence-electron chi connectivity index (χ2n) is 5.97. The summed E-state index contributed by atoms with van der Waals surface area (Å²) in [6.07, 6.45) is 2.23. The fourth-order valence-electron chi connectivity index (χ4n) is 3.31. The number of piperidine rings is 1. The van der Waals surface area contributed by atoms with E-state index in [4.69, 9.17) is 10.7 Å². The van der Waals surface area contributed by atoms with Crippen LogP contribution >= 0.6 is 11.3 Å². The van der Waals surface area contributed by atoms with Crippen LogP contribution in [-0.4, -0.2) is 39.8 Å². The number of likely N-dealkylation sites (tertiary alicyclic amines) is 1. The standard InChI is InChI=1S/C15H22N4OS/c1-9-10(2)21-15-14(17-11(3)19(9)15)12-5-4-6-18(7-12)8-13(16)20/h12H,4-8H2,1-3H3,(H2,16,20)/t12-/m1/s1. The molecule has 21 heavy (non-hydrogen) atoms. The van der Waals surface area contributed by atoms with Gasteiger partial charge >= 0.3 is 0 Å². The summed E-state index contributed by atoms with van der Waals surface area (Å²) in [5.74, 6) is 1.22. The highest BCUT2D eigenvalue weighted by atomic mass is 32.1. The quantitative estimate of drug-likeness (QED) is 0.943. The molecule has 1 atom stereocenters. The second kappa shape index (κ2) is 5.42. The second-order valence-corrected chi connectivity index (χ2v) is 7.17. The summed E-state index contributed by atoms with van der Waals surface area (Å²) >= 11 is 1.83. The molecule has 1 aliphatic heterocycles. The minimum atomic E-state index is -0.246. The van der Waals surface area contributed by atoms with E-state index < -0.39 is 0 Å². The van der Waals surface area contributed by atoms with Gasteiger partial charge in [-0.1, -0.05) is 0 Å². The number of carbonyl (C=O) groups excluding carboxylic acids is 1. The number of amides is 1. The van der Waals surface area contributed by atoms with Crippen LogP contribution in [0, 0.1) is 20.8 Å². The molecule has 2 aromatic rings. The largest absolute Gasteiger partial charge is 0.369 e. The molecule has 2 aromatic heterocycles. The Hall–Kier alpha value is -1.40. The van der Waals surface area contributed by atoms with E-state index in [2.05, 4.69) is 30.1 Å². The Balaban J connectivity index is 1.93. The Bertz CT molecular complexity index is 687. The van der Waals surface area contributed by atoms with E-state index in [0.29, 0.717) is 12.5 Å². The predicted molar refractivity (Wildman–Crippen MR) is 84.9 cm³/mol. The van der Waals surface area contributed by atoms with Crippen molar-refractivity contribution in [2.24, 2.45) is 5.73 Å². The topological polar surface area (TPSA) is 63.6 Å². The van der Waals surface area contributed by atoms with E-state index in [0.717, 1.165) is 31.8 Å². The Morgan fingerprint density at radius 3 is 2.90 bits per heavy atom. The van der Waals surface area contributed by atoms with Crippen LogP contribution in [-0.2, 0) is 4.79 Å². The molecule has 0 radical (unpaired) electrons. The van der Waals surface area contributed by atoms with Crippen LogP contribution in [0.15, 0.2) is 0 Å². The molecule has 3 rings (SSSR count). The summed E-state index contributed by atoms with van der Waals surface area (Å²) < 4.78 is 2.27. The molecule has 2 N–H and O–H groups in total. The SMILES string of the molecule is Cc1sc2c([C@@H]3CCCN(CC(N)=O)C3)nc(C)n2c1C. The van der Waals surface area contributed by atoms with E-state index in [9.17, 15) is 4.79 Å². The maximum absolute atomic E-state index is 11.1. The van der Waals surface area contributed by atoms with Gasteiger partial charge in [0.2, 0.25) is 5.91 Å². The van der Waals surface area contributed by atoms with Crippen LogP contribution in [0.25, 0.3) is 4.83 Å². The number of aromatic nitrogens is 2. The lowest BCUT2D eigenvalue weighted by Gasteiger charge is -2.30. The van der Waals surface area contributed by atoms with Crippen molar-refractivity contribution in [1.82, 2.24) is 14.3 Å². The molecule has 0 aromatic carbocycles. The lowest BCUT2D eigenvalue weighted by molar-refractivity contribution is -0.119. The van der Waals surface area contributed by atoms with Crippen molar-refractivity contribution in [1.29, 1.82) is 0 Å². The number of nitrogens with zero attached hydrogens (tertiary/aromatic N) is 3. The summed E-state index contributed by atoms with van der Waals surface area (Å²) in [4.78, 5) is 20.7. The fourth-order valence-corrected chi connectivity index (χ4v) is 4.52. The van der Waals surface area contributed by atoms with Crippen LogP contribution in [0.3, 0.4) is 0 Å². The zero-order valence-corrected chi connectivity index (χ0v) is 13.7. The molecule has 0 aliphatic carbocycles. The van der Waals surface area contributed by atoms with Crippen LogP contribution < -0.4 is 5.73 Å². The molecule has 0 bridgehead atoms. The normalized spacial score (nSPS) is 20.2. The summed E-state index contributed by atoms with van der Waals surface area (Å²) in [6, 6.07) is 0. The number of thiazole rings is 1. The number of carbonyl (C=O) groups is 1. The van der Waals surface area contributed by atoms with E-state index in [1.54, 1.807) is 0 Å². The van der Waals surface area contributed by atoms with Crippen LogP contribution in [0.4, 0.5) is 0 Å². The zero-order chi connectivity index (χ0) is 15.1. The molecule has 1 saturated heterocycles. The van der Waals surface area contributed by atoms with E-state index >= 15 is 0 Å². The van der Waals surface area contributed by atoms with Gasteiger partial charge in [-0.15, -0.1) is 11.3 Å². The maximum atomic E-state index is 11.1. The molecule has 5 nitrogen and oxygen atoms in total. The smallest absolute Gasteiger partial charge is 0.231 e. The van der Waals surface area contributed by atoms with Gasteiger partial charge < -0.3 is 5.73 Å². The summed E-state index contributed by atoms with van der Waals surface area (Å²) in [6.45, 7) is 8.58. The molecule has 1 aliphatic rings. The lowest BCUT2D eigenvalue weighted by atomic mass is 9.95. The predicted octanol–water partition coefficient (Wildman–Crippen LogP) is 1.99. The van der Waals surface area contributed by atoms with Gasteiger partial charge in [0.15, 0.2) is 0 Å². The number of hydrogen-bond acceptors (Lipinski definition) is 4. The van der Waals surface area contributed by atoms with Gasteiger partial charge in [0.25, 0.3) is 0 Å². The van der Waals surface area contributed by atoms with Crippen LogP contribution in [0.2, 0.25) is 0 Å². The van der Waals surface area contributed by atoms with Crippen molar-refractivity contribution >= 4 is 22.1 Å². The number of fused-ring (bicyclic) bond motifs is 1. The van der Waals surface area contributed by atoms with Crippen LogP contribution in [0.5, 0.6) is 0 Å². The monoisotopic (exact) mass is 306 g/mol. The highest BCUT2D eigenvalue weighted by Gasteiger charge is 2.27. The Labute approximate surface area is 128 Å². The minimum absolute atomic E-state index is 0.246. The Morgan fingerprint density at radius 2 is 2.19 bits per heavy atom. The maximum Gasteiger partial charge on any atom is 0.231 e. The first kappa shape index (κ1) is 14.5. The Morgan fingerprint density at radius 1 is 1.43 bits per heavy atom. The summed E-state index contributed by atoms with van der Waals surface area (Å²) in [5, 5.41) is 0. The number of aryl methyl sites for hydroxylation is 3. The highest BCUT2D eigenvalue weighted by molar-refractivity contribution is 7.17. The zero-order valence-electron chi connectivity index (χ0n) is 12.8. The third-order valence-corrected chi connectivity index (χ3v) is 5.58. The van der Waals surface area contributed by atoms with Gasteiger partial charge in [-0.05, 0) is 40.2 Å². The molecular weight excluding hydrogens is 284 g/mol. The molecule has 0 unspecified atom stereocenters. The lowest BCUT2D eigenvalue weighted by Crippen LogP contribution is -2.40. The van der Waals surface area contributed by atoms with E-state index in [-0.39, 0.29) is 5.91 Å². The molecule has 1 amide bonds. The fraction of sp³-hybridized carbons (Fsp3) is 0.600. The Kier molecular flexibility index (Phi) is 3.75. The molecule has 6 heteroatoms. The number of nitrogens with two attached hydrogens (primary N) is 1. The van der Waals surface area contributed by atoms with Crippen molar-refractivity contribution in [2.45, 2.75) is 39.5 Å². The number of rotatable bonds is 3. The van der Waals surface area contributed by atoms with E-state index in [1.807, 2.05) is 11.3 Å². The van der Waals surface area contributed by atoms with Crippen molar-refractivity contribution in [3.8, 4) is 0 Å². The van der Waals surface area contributed by atoms with Gasteiger partial charge in [0.05, 0.1) is 12.2 Å². The van der Waals surface area contributed by atoms with Gasteiger partial charge in [-0.3, -0.25) is 14.1 Å². The minimum Gasteiger partial charge on any atom is -0.369 e. The van der Waals surface area contributed by atoms with Gasteiger partial charge in [-0.25, -0.2) is 4.98 Å². The number of imidazole rings is 1. The van der Waals surface area contributed by atoms with Crippen molar-refractivity contribution in [2.75, 3.05) is 19.6 Å². The van der Waals surface area contributed by atoms with Crippen molar-refractivity contribution in [3.05, 3.63) is 22.1 Å². The van der Waals surface area contributed by atoms with Crippen LogP contribution in [0.1, 0.15) is 40.8 Å². The molecule has 1 fully saturated rings. The summed E-state index contributed by atoms with van der Waals surface area (Å²) in [7, 11) is 0. The number of primary amides is 1. The third-order valence-electron chi connectivity index (χ3n) is 4.39. The highest BCUT2D eigenvalue weighted by Crippen LogP contribution is 2.34. The molecule has 114 valence electrons.